The average molecular weight is 269 g/mol. The standard InChI is InChI=1S/C13H7F4NO/c14-11-3-1-2-8(5-11)12-9(7-19)4-10(6-18-12)13(15,16)17/h1-7H. The zero-order valence-corrected chi connectivity index (χ0v) is 9.41. The molecule has 0 saturated heterocycles. The van der Waals surface area contributed by atoms with Crippen LogP contribution in [0, 0.1) is 5.82 Å². The van der Waals surface area contributed by atoms with E-state index >= 15 is 0 Å². The van der Waals surface area contributed by atoms with Gasteiger partial charge in [-0.05, 0) is 18.2 Å². The Hall–Kier alpha value is -2.24. The molecule has 6 heteroatoms. The second-order valence-corrected chi connectivity index (χ2v) is 3.79. The van der Waals surface area contributed by atoms with Crippen molar-refractivity contribution in [2.45, 2.75) is 6.18 Å². The molecular formula is C13H7F4NO. The molecule has 0 fully saturated rings. The van der Waals surface area contributed by atoms with E-state index in [2.05, 4.69) is 4.98 Å². The van der Waals surface area contributed by atoms with Crippen molar-refractivity contribution in [1.82, 2.24) is 4.98 Å². The molecule has 0 bridgehead atoms. The number of benzene rings is 1. The van der Waals surface area contributed by atoms with Crippen molar-refractivity contribution in [3.63, 3.8) is 0 Å². The number of aromatic nitrogens is 1. The van der Waals surface area contributed by atoms with Gasteiger partial charge in [0.1, 0.15) is 5.82 Å². The lowest BCUT2D eigenvalue weighted by Crippen LogP contribution is -2.07. The number of hydrogen-bond acceptors (Lipinski definition) is 2. The second kappa shape index (κ2) is 4.79. The monoisotopic (exact) mass is 269 g/mol. The van der Waals surface area contributed by atoms with Crippen LogP contribution in [0.15, 0.2) is 36.5 Å². The van der Waals surface area contributed by atoms with Crippen LogP contribution in [0.5, 0.6) is 0 Å². The number of carbonyl (C=O) groups is 1. The van der Waals surface area contributed by atoms with Gasteiger partial charge in [0, 0.05) is 17.3 Å². The maximum Gasteiger partial charge on any atom is 0.417 e. The van der Waals surface area contributed by atoms with E-state index < -0.39 is 17.6 Å². The molecule has 1 heterocycles. The highest BCUT2D eigenvalue weighted by Gasteiger charge is 2.31. The molecule has 0 saturated carbocycles. The van der Waals surface area contributed by atoms with Crippen molar-refractivity contribution >= 4 is 6.29 Å². The van der Waals surface area contributed by atoms with Crippen molar-refractivity contribution < 1.29 is 22.4 Å². The fourth-order valence-corrected chi connectivity index (χ4v) is 1.60. The number of carbonyl (C=O) groups excluding carboxylic acids is 1. The van der Waals surface area contributed by atoms with Crippen LogP contribution >= 0.6 is 0 Å². The first-order valence-corrected chi connectivity index (χ1v) is 5.20. The molecule has 0 aliphatic heterocycles. The molecule has 0 unspecified atom stereocenters. The minimum atomic E-state index is -4.58. The van der Waals surface area contributed by atoms with E-state index in [1.807, 2.05) is 0 Å². The lowest BCUT2D eigenvalue weighted by molar-refractivity contribution is -0.137. The highest BCUT2D eigenvalue weighted by Crippen LogP contribution is 2.31. The summed E-state index contributed by atoms with van der Waals surface area (Å²) in [7, 11) is 0. The van der Waals surface area contributed by atoms with Gasteiger partial charge in [0.05, 0.1) is 11.3 Å². The third-order valence-corrected chi connectivity index (χ3v) is 2.47. The lowest BCUT2D eigenvalue weighted by atomic mass is 10.0. The summed E-state index contributed by atoms with van der Waals surface area (Å²) in [6.45, 7) is 0. The molecule has 0 N–H and O–H groups in total. The molecule has 0 atom stereocenters. The molecule has 0 radical (unpaired) electrons. The molecule has 2 nitrogen and oxygen atoms in total. The van der Waals surface area contributed by atoms with E-state index in [0.29, 0.717) is 12.3 Å². The molecule has 2 aromatic rings. The van der Waals surface area contributed by atoms with Crippen LogP contribution in [0.25, 0.3) is 11.3 Å². The Morgan fingerprint density at radius 1 is 1.16 bits per heavy atom. The fraction of sp³-hybridized carbons (Fsp3) is 0.0769. The zero-order valence-electron chi connectivity index (χ0n) is 9.41. The number of alkyl halides is 3. The summed E-state index contributed by atoms with van der Waals surface area (Å²) >= 11 is 0. The molecule has 0 aliphatic carbocycles. The van der Waals surface area contributed by atoms with Crippen molar-refractivity contribution in [2.75, 3.05) is 0 Å². The largest absolute Gasteiger partial charge is 0.417 e. The summed E-state index contributed by atoms with van der Waals surface area (Å²) in [5, 5.41) is 0. The molecule has 0 aliphatic rings. The van der Waals surface area contributed by atoms with Gasteiger partial charge in [0.15, 0.2) is 6.29 Å². The Kier molecular flexibility index (Phi) is 3.33. The SMILES string of the molecule is O=Cc1cc(C(F)(F)F)cnc1-c1cccc(F)c1. The van der Waals surface area contributed by atoms with Crippen LogP contribution in [-0.2, 0) is 6.18 Å². The Balaban J connectivity index is 2.56. The molecular weight excluding hydrogens is 262 g/mol. The van der Waals surface area contributed by atoms with Crippen LogP contribution in [0.3, 0.4) is 0 Å². The minimum Gasteiger partial charge on any atom is -0.298 e. The maximum atomic E-state index is 13.1. The highest BCUT2D eigenvalue weighted by atomic mass is 19.4. The van der Waals surface area contributed by atoms with Gasteiger partial charge in [-0.15, -0.1) is 0 Å². The van der Waals surface area contributed by atoms with Crippen molar-refractivity contribution in [2.24, 2.45) is 0 Å². The Labute approximate surface area is 105 Å². The van der Waals surface area contributed by atoms with E-state index in [9.17, 15) is 22.4 Å². The van der Waals surface area contributed by atoms with Gasteiger partial charge in [-0.1, -0.05) is 12.1 Å². The van der Waals surface area contributed by atoms with Crippen molar-refractivity contribution in [1.29, 1.82) is 0 Å². The first-order chi connectivity index (χ1) is 8.91. The number of rotatable bonds is 2. The first-order valence-electron chi connectivity index (χ1n) is 5.20. The highest BCUT2D eigenvalue weighted by molar-refractivity contribution is 5.85. The van der Waals surface area contributed by atoms with E-state index in [1.54, 1.807) is 0 Å². The Morgan fingerprint density at radius 2 is 1.89 bits per heavy atom. The van der Waals surface area contributed by atoms with E-state index in [0.717, 1.165) is 6.07 Å². The predicted molar refractivity (Wildman–Crippen MR) is 60.0 cm³/mol. The van der Waals surface area contributed by atoms with Crippen LogP contribution < -0.4 is 0 Å². The van der Waals surface area contributed by atoms with E-state index in [1.165, 1.54) is 18.2 Å². The summed E-state index contributed by atoms with van der Waals surface area (Å²) < 4.78 is 50.5. The van der Waals surface area contributed by atoms with Crippen LogP contribution in [0.1, 0.15) is 15.9 Å². The topological polar surface area (TPSA) is 30.0 Å². The molecule has 0 amide bonds. The summed E-state index contributed by atoms with van der Waals surface area (Å²) in [5.74, 6) is -0.559. The van der Waals surface area contributed by atoms with E-state index in [-0.39, 0.29) is 23.1 Å². The Morgan fingerprint density at radius 3 is 2.47 bits per heavy atom. The van der Waals surface area contributed by atoms with Crippen LogP contribution in [0.4, 0.5) is 17.6 Å². The van der Waals surface area contributed by atoms with Gasteiger partial charge in [-0.2, -0.15) is 13.2 Å². The normalized spacial score (nSPS) is 11.4. The van der Waals surface area contributed by atoms with Crippen molar-refractivity contribution in [3.05, 3.63) is 53.5 Å². The molecule has 19 heavy (non-hydrogen) atoms. The molecule has 98 valence electrons. The summed E-state index contributed by atoms with van der Waals surface area (Å²) in [5.41, 5.74) is -0.992. The molecule has 1 aromatic carbocycles. The zero-order chi connectivity index (χ0) is 14.0. The van der Waals surface area contributed by atoms with Gasteiger partial charge in [-0.3, -0.25) is 9.78 Å². The van der Waals surface area contributed by atoms with Gasteiger partial charge >= 0.3 is 6.18 Å². The molecule has 2 rings (SSSR count). The van der Waals surface area contributed by atoms with Crippen LogP contribution in [0.2, 0.25) is 0 Å². The fourth-order valence-electron chi connectivity index (χ4n) is 1.60. The molecule has 0 spiro atoms. The Bertz CT molecular complexity index is 622. The second-order valence-electron chi connectivity index (χ2n) is 3.79. The number of nitrogens with zero attached hydrogens (tertiary/aromatic N) is 1. The first kappa shape index (κ1) is 13.2. The summed E-state index contributed by atoms with van der Waals surface area (Å²) in [6.07, 6.45) is -3.69. The van der Waals surface area contributed by atoms with Gasteiger partial charge in [0.25, 0.3) is 0 Å². The summed E-state index contributed by atoms with van der Waals surface area (Å²) in [4.78, 5) is 14.5. The number of hydrogen-bond donors (Lipinski definition) is 0. The third kappa shape index (κ3) is 2.78. The maximum absolute atomic E-state index is 13.1. The van der Waals surface area contributed by atoms with Gasteiger partial charge < -0.3 is 0 Å². The number of halogens is 4. The minimum absolute atomic E-state index is 0.0162. The van der Waals surface area contributed by atoms with Gasteiger partial charge in [-0.25, -0.2) is 4.39 Å². The van der Waals surface area contributed by atoms with E-state index in [4.69, 9.17) is 0 Å². The van der Waals surface area contributed by atoms with Crippen molar-refractivity contribution in [3.8, 4) is 11.3 Å². The quantitative estimate of drug-likeness (QED) is 0.614. The smallest absolute Gasteiger partial charge is 0.298 e. The predicted octanol–water partition coefficient (Wildman–Crippen LogP) is 3.72. The number of aldehydes is 1. The van der Waals surface area contributed by atoms with Gasteiger partial charge in [0.2, 0.25) is 0 Å². The molecule has 1 aromatic heterocycles. The summed E-state index contributed by atoms with van der Waals surface area (Å²) in [6, 6.07) is 5.83. The number of pyridine rings is 1. The van der Waals surface area contributed by atoms with Crippen LogP contribution in [-0.4, -0.2) is 11.3 Å². The lowest BCUT2D eigenvalue weighted by Gasteiger charge is -2.09. The average Bonchev–Trinajstić information content (AvgIpc) is 2.37. The third-order valence-electron chi connectivity index (χ3n) is 2.47.